The standard InChI is InChI=1S/C13H7BrCl2N2O/c14-6-1-2-7(12(19)3-6)13-17-10-4-8(15)9(16)5-11(10)18-13/h1-5,19H,(H,17,18). The van der Waals surface area contributed by atoms with Gasteiger partial charge in [-0.1, -0.05) is 39.1 Å². The molecule has 1 heterocycles. The van der Waals surface area contributed by atoms with Crippen LogP contribution in [0.2, 0.25) is 10.0 Å². The fourth-order valence-electron chi connectivity index (χ4n) is 1.84. The van der Waals surface area contributed by atoms with Crippen LogP contribution >= 0.6 is 39.1 Å². The normalized spacial score (nSPS) is 11.1. The average molecular weight is 358 g/mol. The Morgan fingerprint density at radius 2 is 1.84 bits per heavy atom. The van der Waals surface area contributed by atoms with Gasteiger partial charge in [-0.15, -0.1) is 0 Å². The van der Waals surface area contributed by atoms with Crippen molar-refractivity contribution >= 4 is 50.2 Å². The van der Waals surface area contributed by atoms with Gasteiger partial charge in [-0.05, 0) is 30.3 Å². The lowest BCUT2D eigenvalue weighted by Gasteiger charge is -2.00. The lowest BCUT2D eigenvalue weighted by Crippen LogP contribution is -1.81. The van der Waals surface area contributed by atoms with Gasteiger partial charge in [-0.2, -0.15) is 0 Å². The minimum Gasteiger partial charge on any atom is -0.507 e. The van der Waals surface area contributed by atoms with Gasteiger partial charge in [-0.25, -0.2) is 4.98 Å². The number of aromatic hydroxyl groups is 1. The largest absolute Gasteiger partial charge is 0.507 e. The summed E-state index contributed by atoms with van der Waals surface area (Å²) in [6, 6.07) is 8.63. The summed E-state index contributed by atoms with van der Waals surface area (Å²) in [7, 11) is 0. The van der Waals surface area contributed by atoms with Crippen LogP contribution < -0.4 is 0 Å². The first-order valence-corrected chi connectivity index (χ1v) is 6.93. The molecule has 0 saturated heterocycles. The fraction of sp³-hybridized carbons (Fsp3) is 0. The van der Waals surface area contributed by atoms with E-state index in [0.717, 1.165) is 9.99 Å². The predicted molar refractivity (Wildman–Crippen MR) is 80.9 cm³/mol. The molecular formula is C13H7BrCl2N2O. The summed E-state index contributed by atoms with van der Waals surface area (Å²) in [6.07, 6.45) is 0. The van der Waals surface area contributed by atoms with Gasteiger partial charge in [0.15, 0.2) is 0 Å². The maximum Gasteiger partial charge on any atom is 0.142 e. The summed E-state index contributed by atoms with van der Waals surface area (Å²) in [4.78, 5) is 7.51. The van der Waals surface area contributed by atoms with E-state index in [1.807, 2.05) is 6.07 Å². The van der Waals surface area contributed by atoms with Gasteiger partial charge in [0.2, 0.25) is 0 Å². The minimum absolute atomic E-state index is 0.144. The summed E-state index contributed by atoms with van der Waals surface area (Å²) in [5.74, 6) is 0.712. The number of hydrogen-bond acceptors (Lipinski definition) is 2. The van der Waals surface area contributed by atoms with Gasteiger partial charge in [0.25, 0.3) is 0 Å². The smallest absolute Gasteiger partial charge is 0.142 e. The number of aromatic nitrogens is 2. The van der Waals surface area contributed by atoms with Crippen LogP contribution in [-0.4, -0.2) is 15.1 Å². The number of rotatable bonds is 1. The van der Waals surface area contributed by atoms with Crippen LogP contribution in [0.4, 0.5) is 0 Å². The SMILES string of the molecule is Oc1cc(Br)ccc1-c1nc2cc(Cl)c(Cl)cc2[nH]1. The number of imidazole rings is 1. The van der Waals surface area contributed by atoms with Crippen molar-refractivity contribution in [2.45, 2.75) is 0 Å². The second-order valence-corrected chi connectivity index (χ2v) is 5.76. The minimum atomic E-state index is 0.144. The second kappa shape index (κ2) is 4.71. The topological polar surface area (TPSA) is 48.9 Å². The molecule has 1 aromatic heterocycles. The fourth-order valence-corrected chi connectivity index (χ4v) is 2.51. The number of hydrogen-bond donors (Lipinski definition) is 2. The zero-order valence-corrected chi connectivity index (χ0v) is 12.5. The van der Waals surface area contributed by atoms with Gasteiger partial charge in [-0.3, -0.25) is 0 Å². The van der Waals surface area contributed by atoms with E-state index >= 15 is 0 Å². The van der Waals surface area contributed by atoms with Crippen molar-refractivity contribution in [3.8, 4) is 17.1 Å². The number of nitrogens with one attached hydrogen (secondary N) is 1. The third-order valence-corrected chi connectivity index (χ3v) is 3.95. The van der Waals surface area contributed by atoms with E-state index in [0.29, 0.717) is 26.9 Å². The molecule has 0 unspecified atom stereocenters. The van der Waals surface area contributed by atoms with E-state index in [4.69, 9.17) is 23.2 Å². The van der Waals surface area contributed by atoms with Crippen molar-refractivity contribution in [1.29, 1.82) is 0 Å². The Morgan fingerprint density at radius 1 is 1.11 bits per heavy atom. The Kier molecular flexibility index (Phi) is 3.17. The van der Waals surface area contributed by atoms with Crippen molar-refractivity contribution in [2.75, 3.05) is 0 Å². The van der Waals surface area contributed by atoms with Crippen LogP contribution in [0.3, 0.4) is 0 Å². The Hall–Kier alpha value is -1.23. The first-order chi connectivity index (χ1) is 9.04. The number of H-pyrrole nitrogens is 1. The summed E-state index contributed by atoms with van der Waals surface area (Å²) in [5, 5.41) is 10.9. The molecule has 0 aliphatic rings. The zero-order chi connectivity index (χ0) is 13.6. The van der Waals surface area contributed by atoms with Crippen molar-refractivity contribution < 1.29 is 5.11 Å². The van der Waals surface area contributed by atoms with Gasteiger partial charge >= 0.3 is 0 Å². The van der Waals surface area contributed by atoms with Gasteiger partial charge in [0.05, 0.1) is 26.6 Å². The lowest BCUT2D eigenvalue weighted by atomic mass is 10.2. The number of benzene rings is 2. The molecule has 0 radical (unpaired) electrons. The molecule has 96 valence electrons. The number of aromatic amines is 1. The highest BCUT2D eigenvalue weighted by Gasteiger charge is 2.11. The molecule has 6 heteroatoms. The highest BCUT2D eigenvalue weighted by Crippen LogP contribution is 2.33. The molecule has 0 saturated carbocycles. The Balaban J connectivity index is 2.20. The number of nitrogens with zero attached hydrogens (tertiary/aromatic N) is 1. The Bertz CT molecular complexity index is 747. The number of phenolic OH excluding ortho intramolecular Hbond substituents is 1. The summed E-state index contributed by atoms with van der Waals surface area (Å²) < 4.78 is 0.802. The van der Waals surface area contributed by atoms with E-state index in [1.165, 1.54) is 0 Å². The number of fused-ring (bicyclic) bond motifs is 1. The highest BCUT2D eigenvalue weighted by molar-refractivity contribution is 9.10. The lowest BCUT2D eigenvalue weighted by molar-refractivity contribution is 0.476. The van der Waals surface area contributed by atoms with Crippen LogP contribution in [0.15, 0.2) is 34.8 Å². The monoisotopic (exact) mass is 356 g/mol. The van der Waals surface area contributed by atoms with E-state index < -0.39 is 0 Å². The molecule has 0 fully saturated rings. The molecule has 0 aliphatic carbocycles. The summed E-state index contributed by atoms with van der Waals surface area (Å²) in [6.45, 7) is 0. The second-order valence-electron chi connectivity index (χ2n) is 4.03. The molecular weight excluding hydrogens is 351 g/mol. The third kappa shape index (κ3) is 2.31. The molecule has 19 heavy (non-hydrogen) atoms. The average Bonchev–Trinajstić information content (AvgIpc) is 2.72. The summed E-state index contributed by atoms with van der Waals surface area (Å²) in [5.41, 5.74) is 2.09. The molecule has 0 aliphatic heterocycles. The van der Waals surface area contributed by atoms with Crippen molar-refractivity contribution in [3.63, 3.8) is 0 Å². The van der Waals surface area contributed by atoms with Crippen LogP contribution in [0.1, 0.15) is 0 Å². The van der Waals surface area contributed by atoms with Crippen molar-refractivity contribution in [1.82, 2.24) is 9.97 Å². The van der Waals surface area contributed by atoms with Gasteiger partial charge < -0.3 is 10.1 Å². The maximum absolute atomic E-state index is 9.94. The van der Waals surface area contributed by atoms with Crippen LogP contribution in [-0.2, 0) is 0 Å². The predicted octanol–water partition coefficient (Wildman–Crippen LogP) is 5.00. The Labute approximate surface area is 127 Å². The number of halogens is 3. The molecule has 2 N–H and O–H groups in total. The van der Waals surface area contributed by atoms with Gasteiger partial charge in [0, 0.05) is 4.47 Å². The van der Waals surface area contributed by atoms with Crippen molar-refractivity contribution in [3.05, 3.63) is 44.8 Å². The van der Waals surface area contributed by atoms with Gasteiger partial charge in [0.1, 0.15) is 11.6 Å². The molecule has 3 rings (SSSR count). The molecule has 0 atom stereocenters. The van der Waals surface area contributed by atoms with E-state index in [2.05, 4.69) is 25.9 Å². The van der Waals surface area contributed by atoms with Crippen LogP contribution in [0.25, 0.3) is 22.4 Å². The summed E-state index contributed by atoms with van der Waals surface area (Å²) >= 11 is 15.2. The number of phenols is 1. The first-order valence-electron chi connectivity index (χ1n) is 5.38. The van der Waals surface area contributed by atoms with E-state index in [-0.39, 0.29) is 5.75 Å². The highest BCUT2D eigenvalue weighted by atomic mass is 79.9. The van der Waals surface area contributed by atoms with E-state index in [9.17, 15) is 5.11 Å². The third-order valence-electron chi connectivity index (χ3n) is 2.74. The van der Waals surface area contributed by atoms with E-state index in [1.54, 1.807) is 24.3 Å². The molecule has 0 bridgehead atoms. The van der Waals surface area contributed by atoms with Crippen molar-refractivity contribution in [2.24, 2.45) is 0 Å². The zero-order valence-electron chi connectivity index (χ0n) is 9.42. The molecule has 3 aromatic rings. The quantitative estimate of drug-likeness (QED) is 0.643. The first kappa shape index (κ1) is 12.8. The molecule has 3 nitrogen and oxygen atoms in total. The van der Waals surface area contributed by atoms with Crippen LogP contribution in [0, 0.1) is 0 Å². The van der Waals surface area contributed by atoms with Crippen LogP contribution in [0.5, 0.6) is 5.75 Å². The molecule has 0 amide bonds. The Morgan fingerprint density at radius 3 is 2.58 bits per heavy atom. The maximum atomic E-state index is 9.94. The molecule has 0 spiro atoms. The molecule has 2 aromatic carbocycles.